The van der Waals surface area contributed by atoms with E-state index in [2.05, 4.69) is 38.1 Å². The van der Waals surface area contributed by atoms with Crippen molar-refractivity contribution in [2.75, 3.05) is 0 Å². The highest BCUT2D eigenvalue weighted by atomic mass is 35.5. The molecule has 0 heterocycles. The highest BCUT2D eigenvalue weighted by Crippen LogP contribution is 2.26. The number of rotatable bonds is 2. The minimum absolute atomic E-state index is 0.788. The van der Waals surface area contributed by atoms with Crippen LogP contribution in [-0.4, -0.2) is 0 Å². The first-order valence-electron chi connectivity index (χ1n) is 5.56. The summed E-state index contributed by atoms with van der Waals surface area (Å²) in [6, 6.07) is 14.6. The number of aryl methyl sites for hydroxylation is 2. The smallest absolute Gasteiger partial charge is 0.0412 e. The quantitative estimate of drug-likeness (QED) is 0.690. The van der Waals surface area contributed by atoms with Gasteiger partial charge in [-0.1, -0.05) is 48.9 Å². The maximum Gasteiger partial charge on any atom is 0.0412 e. The van der Waals surface area contributed by atoms with Crippen molar-refractivity contribution in [2.24, 2.45) is 0 Å². The van der Waals surface area contributed by atoms with Gasteiger partial charge in [0.15, 0.2) is 0 Å². The summed E-state index contributed by atoms with van der Waals surface area (Å²) >= 11 is 6.01. The predicted octanol–water partition coefficient (Wildman–Crippen LogP) is 4.88. The van der Waals surface area contributed by atoms with Gasteiger partial charge in [-0.05, 0) is 47.7 Å². The average molecular weight is 231 g/mol. The standard InChI is InChI=1S/C15H15Cl/c1-3-12-7-8-15(11(2)9-12)13-5-4-6-14(16)10-13/h4-10H,3H2,1-2H3. The van der Waals surface area contributed by atoms with E-state index < -0.39 is 0 Å². The van der Waals surface area contributed by atoms with Gasteiger partial charge in [0.05, 0.1) is 0 Å². The molecule has 0 saturated heterocycles. The zero-order chi connectivity index (χ0) is 11.5. The highest BCUT2D eigenvalue weighted by molar-refractivity contribution is 6.30. The van der Waals surface area contributed by atoms with Gasteiger partial charge in [0.25, 0.3) is 0 Å². The maximum absolute atomic E-state index is 6.01. The van der Waals surface area contributed by atoms with Crippen LogP contribution >= 0.6 is 11.6 Å². The molecular weight excluding hydrogens is 216 g/mol. The topological polar surface area (TPSA) is 0 Å². The molecular formula is C15H15Cl. The Morgan fingerprint density at radius 1 is 1.06 bits per heavy atom. The van der Waals surface area contributed by atoms with E-state index in [9.17, 15) is 0 Å². The van der Waals surface area contributed by atoms with E-state index in [1.807, 2.05) is 18.2 Å². The van der Waals surface area contributed by atoms with Gasteiger partial charge < -0.3 is 0 Å². The van der Waals surface area contributed by atoms with Gasteiger partial charge in [-0.25, -0.2) is 0 Å². The first-order chi connectivity index (χ1) is 7.70. The van der Waals surface area contributed by atoms with Gasteiger partial charge in [0.1, 0.15) is 0 Å². The van der Waals surface area contributed by atoms with Crippen LogP contribution in [0, 0.1) is 6.92 Å². The van der Waals surface area contributed by atoms with Crippen LogP contribution < -0.4 is 0 Å². The number of hydrogen-bond donors (Lipinski definition) is 0. The summed E-state index contributed by atoms with van der Waals surface area (Å²) in [6.07, 6.45) is 1.08. The van der Waals surface area contributed by atoms with Crippen LogP contribution in [-0.2, 0) is 6.42 Å². The van der Waals surface area contributed by atoms with Crippen LogP contribution in [0.25, 0.3) is 11.1 Å². The van der Waals surface area contributed by atoms with Gasteiger partial charge in [-0.15, -0.1) is 0 Å². The summed E-state index contributed by atoms with van der Waals surface area (Å²) in [6.45, 7) is 4.32. The van der Waals surface area contributed by atoms with Crippen molar-refractivity contribution in [3.8, 4) is 11.1 Å². The second-order valence-corrected chi connectivity index (χ2v) is 4.45. The molecule has 82 valence electrons. The average Bonchev–Trinajstić information content (AvgIpc) is 2.28. The van der Waals surface area contributed by atoms with Crippen molar-refractivity contribution >= 4 is 11.6 Å². The molecule has 0 aliphatic carbocycles. The first kappa shape index (κ1) is 11.2. The van der Waals surface area contributed by atoms with Gasteiger partial charge in [0, 0.05) is 5.02 Å². The van der Waals surface area contributed by atoms with E-state index in [4.69, 9.17) is 11.6 Å². The van der Waals surface area contributed by atoms with E-state index in [0.29, 0.717) is 0 Å². The van der Waals surface area contributed by atoms with Gasteiger partial charge in [-0.3, -0.25) is 0 Å². The molecule has 0 aliphatic heterocycles. The van der Waals surface area contributed by atoms with Crippen LogP contribution in [0.1, 0.15) is 18.1 Å². The van der Waals surface area contributed by atoms with Gasteiger partial charge >= 0.3 is 0 Å². The molecule has 0 amide bonds. The predicted molar refractivity (Wildman–Crippen MR) is 71.0 cm³/mol. The molecule has 0 aliphatic rings. The third kappa shape index (κ3) is 2.28. The summed E-state index contributed by atoms with van der Waals surface area (Å²) in [5.41, 5.74) is 5.14. The number of benzene rings is 2. The second-order valence-electron chi connectivity index (χ2n) is 4.01. The minimum atomic E-state index is 0.788. The fourth-order valence-electron chi connectivity index (χ4n) is 1.93. The summed E-state index contributed by atoms with van der Waals surface area (Å²) in [5, 5.41) is 0.788. The molecule has 2 rings (SSSR count). The molecule has 0 bridgehead atoms. The molecule has 0 atom stereocenters. The van der Waals surface area contributed by atoms with Crippen molar-refractivity contribution in [2.45, 2.75) is 20.3 Å². The monoisotopic (exact) mass is 230 g/mol. The van der Waals surface area contributed by atoms with Crippen LogP contribution in [0.15, 0.2) is 42.5 Å². The fourth-order valence-corrected chi connectivity index (χ4v) is 2.12. The molecule has 0 N–H and O–H groups in total. The molecule has 16 heavy (non-hydrogen) atoms. The summed E-state index contributed by atoms with van der Waals surface area (Å²) in [7, 11) is 0. The summed E-state index contributed by atoms with van der Waals surface area (Å²) in [4.78, 5) is 0. The van der Waals surface area contributed by atoms with E-state index in [1.165, 1.54) is 22.3 Å². The van der Waals surface area contributed by atoms with Crippen LogP contribution in [0.2, 0.25) is 5.02 Å². The molecule has 2 aromatic carbocycles. The Labute approximate surface area is 102 Å². The fraction of sp³-hybridized carbons (Fsp3) is 0.200. The normalized spacial score (nSPS) is 10.4. The Bertz CT molecular complexity index is 501. The zero-order valence-electron chi connectivity index (χ0n) is 9.63. The van der Waals surface area contributed by atoms with Crippen molar-refractivity contribution in [1.82, 2.24) is 0 Å². The molecule has 0 unspecified atom stereocenters. The van der Waals surface area contributed by atoms with Crippen molar-refractivity contribution in [1.29, 1.82) is 0 Å². The Morgan fingerprint density at radius 3 is 2.50 bits per heavy atom. The zero-order valence-corrected chi connectivity index (χ0v) is 10.4. The number of halogens is 1. The molecule has 1 heteroatoms. The lowest BCUT2D eigenvalue weighted by atomic mass is 9.98. The largest absolute Gasteiger partial charge is 0.0843 e. The van der Waals surface area contributed by atoms with Crippen LogP contribution in [0.4, 0.5) is 0 Å². The Hall–Kier alpha value is -1.27. The maximum atomic E-state index is 6.01. The van der Waals surface area contributed by atoms with Crippen LogP contribution in [0.3, 0.4) is 0 Å². The second kappa shape index (κ2) is 4.71. The van der Waals surface area contributed by atoms with E-state index >= 15 is 0 Å². The molecule has 2 aromatic rings. The van der Waals surface area contributed by atoms with E-state index in [-0.39, 0.29) is 0 Å². The molecule has 0 fully saturated rings. The van der Waals surface area contributed by atoms with E-state index in [0.717, 1.165) is 11.4 Å². The molecule has 0 saturated carbocycles. The lowest BCUT2D eigenvalue weighted by molar-refractivity contribution is 1.13. The van der Waals surface area contributed by atoms with Gasteiger partial charge in [-0.2, -0.15) is 0 Å². The molecule has 0 nitrogen and oxygen atoms in total. The van der Waals surface area contributed by atoms with Crippen molar-refractivity contribution < 1.29 is 0 Å². The van der Waals surface area contributed by atoms with Crippen LogP contribution in [0.5, 0.6) is 0 Å². The van der Waals surface area contributed by atoms with Crippen molar-refractivity contribution in [3.05, 3.63) is 58.6 Å². The highest BCUT2D eigenvalue weighted by Gasteiger charge is 2.02. The van der Waals surface area contributed by atoms with E-state index in [1.54, 1.807) is 0 Å². The molecule has 0 spiro atoms. The Balaban J connectivity index is 2.48. The SMILES string of the molecule is CCc1ccc(-c2cccc(Cl)c2)c(C)c1. The molecule has 0 aromatic heterocycles. The summed E-state index contributed by atoms with van der Waals surface area (Å²) in [5.74, 6) is 0. The van der Waals surface area contributed by atoms with Gasteiger partial charge in [0.2, 0.25) is 0 Å². The van der Waals surface area contributed by atoms with Crippen molar-refractivity contribution in [3.63, 3.8) is 0 Å². The first-order valence-corrected chi connectivity index (χ1v) is 5.94. The summed E-state index contributed by atoms with van der Waals surface area (Å²) < 4.78 is 0. The Morgan fingerprint density at radius 2 is 1.88 bits per heavy atom. The Kier molecular flexibility index (Phi) is 3.31. The third-order valence-electron chi connectivity index (χ3n) is 2.83. The number of hydrogen-bond acceptors (Lipinski definition) is 0. The lowest BCUT2D eigenvalue weighted by Gasteiger charge is -2.08. The third-order valence-corrected chi connectivity index (χ3v) is 3.07. The minimum Gasteiger partial charge on any atom is -0.0843 e. The lowest BCUT2D eigenvalue weighted by Crippen LogP contribution is -1.86. The molecule has 0 radical (unpaired) electrons.